The number of anilines is 1. The number of benzene rings is 2. The highest BCUT2D eigenvalue weighted by Gasteiger charge is 2.17. The van der Waals surface area contributed by atoms with Gasteiger partial charge in [0.25, 0.3) is 5.91 Å². The van der Waals surface area contributed by atoms with Crippen LogP contribution in [0.15, 0.2) is 42.5 Å². The van der Waals surface area contributed by atoms with Crippen molar-refractivity contribution in [2.24, 2.45) is 0 Å². The number of hydrogen-bond donors (Lipinski definition) is 2. The van der Waals surface area contributed by atoms with Gasteiger partial charge >= 0.3 is 0 Å². The minimum Gasteiger partial charge on any atom is -0.345 e. The standard InChI is InChI=1S/C18H22N2O3S/c1-12-9-10-15(13(2)11-12)14(3)19-18(21)16-7-5-6-8-17(16)20-24(4,22)23/h5-11,14,20H,1-4H3,(H,19,21)/t14-/m1/s1. The topological polar surface area (TPSA) is 75.3 Å². The van der Waals surface area contributed by atoms with Gasteiger partial charge in [-0.2, -0.15) is 0 Å². The van der Waals surface area contributed by atoms with E-state index in [2.05, 4.69) is 16.1 Å². The van der Waals surface area contributed by atoms with Crippen LogP contribution < -0.4 is 10.0 Å². The molecule has 0 spiro atoms. The second-order valence-corrected chi connectivity index (χ2v) is 7.72. The number of nitrogens with one attached hydrogen (secondary N) is 2. The highest BCUT2D eigenvalue weighted by molar-refractivity contribution is 7.92. The molecule has 128 valence electrons. The summed E-state index contributed by atoms with van der Waals surface area (Å²) in [5.74, 6) is -0.325. The van der Waals surface area contributed by atoms with Crippen molar-refractivity contribution in [2.75, 3.05) is 11.0 Å². The number of amides is 1. The van der Waals surface area contributed by atoms with Crippen molar-refractivity contribution in [2.45, 2.75) is 26.8 Å². The van der Waals surface area contributed by atoms with E-state index in [9.17, 15) is 13.2 Å². The number of aryl methyl sites for hydroxylation is 2. The minimum absolute atomic E-state index is 0.190. The molecule has 0 aliphatic rings. The molecule has 2 rings (SSSR count). The first-order chi connectivity index (χ1) is 11.2. The van der Waals surface area contributed by atoms with Gasteiger partial charge in [0, 0.05) is 0 Å². The summed E-state index contributed by atoms with van der Waals surface area (Å²) in [6.07, 6.45) is 1.06. The van der Waals surface area contributed by atoms with E-state index in [1.807, 2.05) is 32.9 Å². The molecule has 6 heteroatoms. The summed E-state index contributed by atoms with van der Waals surface area (Å²) in [4.78, 5) is 12.6. The third-order valence-electron chi connectivity index (χ3n) is 3.71. The molecule has 2 aromatic rings. The Morgan fingerprint density at radius 3 is 2.38 bits per heavy atom. The Morgan fingerprint density at radius 2 is 1.75 bits per heavy atom. The zero-order chi connectivity index (χ0) is 17.9. The summed E-state index contributed by atoms with van der Waals surface area (Å²) in [5, 5.41) is 2.93. The number of carbonyl (C=O) groups is 1. The molecular formula is C18H22N2O3S. The summed E-state index contributed by atoms with van der Waals surface area (Å²) in [7, 11) is -3.46. The Balaban J connectivity index is 2.24. The summed E-state index contributed by atoms with van der Waals surface area (Å²) >= 11 is 0. The van der Waals surface area contributed by atoms with Crippen LogP contribution in [-0.4, -0.2) is 20.6 Å². The zero-order valence-corrected chi connectivity index (χ0v) is 15.1. The van der Waals surface area contributed by atoms with E-state index in [1.165, 1.54) is 0 Å². The van der Waals surface area contributed by atoms with Crippen molar-refractivity contribution < 1.29 is 13.2 Å². The quantitative estimate of drug-likeness (QED) is 0.873. The molecule has 0 radical (unpaired) electrons. The molecule has 0 bridgehead atoms. The van der Waals surface area contributed by atoms with Crippen molar-refractivity contribution >= 4 is 21.6 Å². The van der Waals surface area contributed by atoms with Crippen molar-refractivity contribution in [3.05, 3.63) is 64.7 Å². The summed E-state index contributed by atoms with van der Waals surface area (Å²) < 4.78 is 25.3. The van der Waals surface area contributed by atoms with E-state index in [0.717, 1.165) is 22.9 Å². The van der Waals surface area contributed by atoms with Gasteiger partial charge < -0.3 is 5.32 Å². The molecule has 0 unspecified atom stereocenters. The van der Waals surface area contributed by atoms with Gasteiger partial charge in [-0.3, -0.25) is 9.52 Å². The SMILES string of the molecule is Cc1ccc([C@@H](C)NC(=O)c2ccccc2NS(C)(=O)=O)c(C)c1. The maximum absolute atomic E-state index is 12.6. The molecule has 0 aliphatic heterocycles. The Kier molecular flexibility index (Phi) is 5.29. The first-order valence-corrected chi connectivity index (χ1v) is 9.51. The summed E-state index contributed by atoms with van der Waals surface area (Å²) in [6, 6.07) is 12.4. The smallest absolute Gasteiger partial charge is 0.253 e. The maximum atomic E-state index is 12.6. The fraction of sp³-hybridized carbons (Fsp3) is 0.278. The van der Waals surface area contributed by atoms with E-state index < -0.39 is 10.0 Å². The van der Waals surface area contributed by atoms with Gasteiger partial charge in [0.2, 0.25) is 10.0 Å². The Labute approximate surface area is 143 Å². The van der Waals surface area contributed by atoms with Crippen LogP contribution in [-0.2, 0) is 10.0 Å². The normalized spacial score (nSPS) is 12.5. The molecule has 5 nitrogen and oxygen atoms in total. The van der Waals surface area contributed by atoms with Crippen molar-refractivity contribution in [3.8, 4) is 0 Å². The number of para-hydroxylation sites is 1. The van der Waals surface area contributed by atoms with E-state index in [4.69, 9.17) is 0 Å². The molecule has 24 heavy (non-hydrogen) atoms. The van der Waals surface area contributed by atoms with E-state index in [-0.39, 0.29) is 17.6 Å². The largest absolute Gasteiger partial charge is 0.345 e. The van der Waals surface area contributed by atoms with Crippen LogP contribution in [0.1, 0.15) is 40.0 Å². The van der Waals surface area contributed by atoms with Gasteiger partial charge in [0.15, 0.2) is 0 Å². The monoisotopic (exact) mass is 346 g/mol. The number of sulfonamides is 1. The molecule has 0 fully saturated rings. The fourth-order valence-corrected chi connectivity index (χ4v) is 3.21. The zero-order valence-electron chi connectivity index (χ0n) is 14.3. The van der Waals surface area contributed by atoms with Crippen molar-refractivity contribution in [1.82, 2.24) is 5.32 Å². The number of rotatable bonds is 5. The molecule has 2 aromatic carbocycles. The molecule has 1 atom stereocenters. The lowest BCUT2D eigenvalue weighted by Crippen LogP contribution is -2.28. The van der Waals surface area contributed by atoms with Crippen LogP contribution in [0.4, 0.5) is 5.69 Å². The molecule has 1 amide bonds. The highest BCUT2D eigenvalue weighted by atomic mass is 32.2. The van der Waals surface area contributed by atoms with Gasteiger partial charge in [-0.25, -0.2) is 8.42 Å². The predicted molar refractivity (Wildman–Crippen MR) is 96.7 cm³/mol. The average molecular weight is 346 g/mol. The predicted octanol–water partition coefficient (Wildman–Crippen LogP) is 3.17. The Bertz CT molecular complexity index is 860. The maximum Gasteiger partial charge on any atom is 0.253 e. The molecule has 0 saturated carbocycles. The Hall–Kier alpha value is -2.34. The van der Waals surface area contributed by atoms with Gasteiger partial charge in [-0.05, 0) is 44.0 Å². The third kappa shape index (κ3) is 4.58. The summed E-state index contributed by atoms with van der Waals surface area (Å²) in [6.45, 7) is 5.93. The molecular weight excluding hydrogens is 324 g/mol. The van der Waals surface area contributed by atoms with Gasteiger partial charge in [0.05, 0.1) is 23.5 Å². The van der Waals surface area contributed by atoms with Crippen LogP contribution >= 0.6 is 0 Å². The number of carbonyl (C=O) groups excluding carboxylic acids is 1. The lowest BCUT2D eigenvalue weighted by Gasteiger charge is -2.18. The van der Waals surface area contributed by atoms with Crippen molar-refractivity contribution in [1.29, 1.82) is 0 Å². The van der Waals surface area contributed by atoms with Crippen LogP contribution in [0.5, 0.6) is 0 Å². The first kappa shape index (κ1) is 18.0. The van der Waals surface area contributed by atoms with E-state index >= 15 is 0 Å². The third-order valence-corrected chi connectivity index (χ3v) is 4.30. The first-order valence-electron chi connectivity index (χ1n) is 7.62. The molecule has 0 aromatic heterocycles. The molecule has 0 aliphatic carbocycles. The molecule has 0 saturated heterocycles. The van der Waals surface area contributed by atoms with Gasteiger partial charge in [-0.1, -0.05) is 35.9 Å². The van der Waals surface area contributed by atoms with E-state index in [0.29, 0.717) is 5.56 Å². The second kappa shape index (κ2) is 7.05. The van der Waals surface area contributed by atoms with Crippen LogP contribution in [0.3, 0.4) is 0 Å². The number of hydrogen-bond acceptors (Lipinski definition) is 3. The highest BCUT2D eigenvalue weighted by Crippen LogP contribution is 2.21. The van der Waals surface area contributed by atoms with Crippen LogP contribution in [0.25, 0.3) is 0 Å². The van der Waals surface area contributed by atoms with Gasteiger partial charge in [0.1, 0.15) is 0 Å². The van der Waals surface area contributed by atoms with Crippen LogP contribution in [0.2, 0.25) is 0 Å². The summed E-state index contributed by atoms with van der Waals surface area (Å²) in [5.41, 5.74) is 3.86. The minimum atomic E-state index is -3.46. The van der Waals surface area contributed by atoms with Crippen LogP contribution in [0, 0.1) is 13.8 Å². The average Bonchev–Trinajstić information content (AvgIpc) is 2.45. The lowest BCUT2D eigenvalue weighted by molar-refractivity contribution is 0.0940. The van der Waals surface area contributed by atoms with Crippen molar-refractivity contribution in [3.63, 3.8) is 0 Å². The Morgan fingerprint density at radius 1 is 1.08 bits per heavy atom. The van der Waals surface area contributed by atoms with Gasteiger partial charge in [-0.15, -0.1) is 0 Å². The lowest BCUT2D eigenvalue weighted by atomic mass is 10.00. The molecule has 0 heterocycles. The van der Waals surface area contributed by atoms with E-state index in [1.54, 1.807) is 24.3 Å². The second-order valence-electron chi connectivity index (χ2n) is 5.98. The fourth-order valence-electron chi connectivity index (χ4n) is 2.63. The molecule has 2 N–H and O–H groups in total.